The van der Waals surface area contributed by atoms with E-state index in [2.05, 4.69) is 5.32 Å². The van der Waals surface area contributed by atoms with E-state index in [1.54, 1.807) is 12.3 Å². The molecule has 0 aliphatic rings. The highest BCUT2D eigenvalue weighted by Gasteiger charge is 2.16. The van der Waals surface area contributed by atoms with Crippen LogP contribution in [0.25, 0.3) is 0 Å². The van der Waals surface area contributed by atoms with Crippen molar-refractivity contribution in [2.24, 2.45) is 0 Å². The number of rotatable bonds is 9. The lowest BCUT2D eigenvalue weighted by Gasteiger charge is -2.14. The maximum Gasteiger partial charge on any atom is 0.342 e. The first-order chi connectivity index (χ1) is 15.3. The van der Waals surface area contributed by atoms with Crippen molar-refractivity contribution in [2.75, 3.05) is 5.32 Å². The smallest absolute Gasteiger partial charge is 0.342 e. The number of furan rings is 1. The third kappa shape index (κ3) is 5.76. The molecule has 0 radical (unpaired) electrons. The molecule has 1 N–H and O–H groups in total. The Kier molecular flexibility index (Phi) is 6.65. The number of ether oxygens (including phenoxy) is 2. The second kappa shape index (κ2) is 10.2. The molecule has 0 bridgehead atoms. The zero-order valence-electron chi connectivity index (χ0n) is 17.0. The lowest BCUT2D eigenvalue weighted by Crippen LogP contribution is -2.09. The van der Waals surface area contributed by atoms with Crippen molar-refractivity contribution >= 4 is 11.7 Å². The number of hydrogen-bond acceptors (Lipinski definition) is 5. The van der Waals surface area contributed by atoms with Crippen molar-refractivity contribution in [2.45, 2.75) is 19.8 Å². The second-order valence-electron chi connectivity index (χ2n) is 6.98. The maximum absolute atomic E-state index is 12.8. The monoisotopic (exact) mass is 413 g/mol. The summed E-state index contributed by atoms with van der Waals surface area (Å²) in [6, 6.07) is 28.5. The van der Waals surface area contributed by atoms with Gasteiger partial charge in [-0.3, -0.25) is 0 Å². The molecular formula is C26H23NO4. The minimum absolute atomic E-state index is 0.205. The van der Waals surface area contributed by atoms with Gasteiger partial charge in [0.25, 0.3) is 0 Å². The topological polar surface area (TPSA) is 60.7 Å². The highest BCUT2D eigenvalue weighted by atomic mass is 16.5. The maximum atomic E-state index is 12.8. The van der Waals surface area contributed by atoms with Crippen molar-refractivity contribution in [3.63, 3.8) is 0 Å². The number of carbonyl (C=O) groups excluding carboxylic acids is 1. The summed E-state index contributed by atoms with van der Waals surface area (Å²) in [5.74, 6) is 0.856. The molecule has 156 valence electrons. The summed E-state index contributed by atoms with van der Waals surface area (Å²) in [6.07, 6.45) is 1.64. The molecule has 0 fully saturated rings. The lowest BCUT2D eigenvalue weighted by atomic mass is 10.1. The number of esters is 1. The summed E-state index contributed by atoms with van der Waals surface area (Å²) in [7, 11) is 0. The summed E-state index contributed by atoms with van der Waals surface area (Å²) >= 11 is 0. The summed E-state index contributed by atoms with van der Waals surface area (Å²) in [6.45, 7) is 1.08. The van der Waals surface area contributed by atoms with Crippen LogP contribution < -0.4 is 10.1 Å². The van der Waals surface area contributed by atoms with E-state index in [9.17, 15) is 4.79 Å². The molecule has 0 aliphatic carbocycles. The van der Waals surface area contributed by atoms with Gasteiger partial charge in [0.15, 0.2) is 0 Å². The van der Waals surface area contributed by atoms with Crippen molar-refractivity contribution in [1.82, 2.24) is 0 Å². The first-order valence-electron chi connectivity index (χ1n) is 10.1. The molecule has 0 aliphatic heterocycles. The van der Waals surface area contributed by atoms with Crippen LogP contribution in [0.3, 0.4) is 0 Å². The second-order valence-corrected chi connectivity index (χ2v) is 6.98. The average molecular weight is 413 g/mol. The molecule has 1 heterocycles. The minimum Gasteiger partial charge on any atom is -0.488 e. The van der Waals surface area contributed by atoms with Crippen LogP contribution in [0.2, 0.25) is 0 Å². The largest absolute Gasteiger partial charge is 0.488 e. The van der Waals surface area contributed by atoms with Gasteiger partial charge in [0.05, 0.1) is 12.8 Å². The Bertz CT molecular complexity index is 1090. The van der Waals surface area contributed by atoms with Crippen molar-refractivity contribution in [3.8, 4) is 5.75 Å². The van der Waals surface area contributed by atoms with Gasteiger partial charge in [0, 0.05) is 11.8 Å². The highest BCUT2D eigenvalue weighted by molar-refractivity contribution is 5.93. The Balaban J connectivity index is 1.49. The molecule has 5 nitrogen and oxygen atoms in total. The molecule has 0 saturated carbocycles. The van der Waals surface area contributed by atoms with Crippen LogP contribution in [-0.4, -0.2) is 5.97 Å². The van der Waals surface area contributed by atoms with E-state index >= 15 is 0 Å². The molecule has 0 amide bonds. The van der Waals surface area contributed by atoms with E-state index < -0.39 is 5.97 Å². The fourth-order valence-corrected chi connectivity index (χ4v) is 3.06. The SMILES string of the molecule is O=C(OCc1ccccc1)c1ccc(NCc2ccco2)cc1OCc1ccccc1. The molecule has 3 aromatic carbocycles. The van der Waals surface area contributed by atoms with Crippen LogP contribution in [0, 0.1) is 0 Å². The first-order valence-corrected chi connectivity index (χ1v) is 10.1. The molecule has 1 aromatic heterocycles. The van der Waals surface area contributed by atoms with Gasteiger partial charge in [-0.05, 0) is 35.4 Å². The van der Waals surface area contributed by atoms with Gasteiger partial charge in [-0.1, -0.05) is 60.7 Å². The summed E-state index contributed by atoms with van der Waals surface area (Å²) in [4.78, 5) is 12.8. The van der Waals surface area contributed by atoms with Gasteiger partial charge in [-0.25, -0.2) is 4.79 Å². The summed E-state index contributed by atoms with van der Waals surface area (Å²) in [5.41, 5.74) is 3.15. The van der Waals surface area contributed by atoms with Crippen LogP contribution in [0.4, 0.5) is 5.69 Å². The number of nitrogens with one attached hydrogen (secondary N) is 1. The van der Waals surface area contributed by atoms with Crippen molar-refractivity contribution in [3.05, 3.63) is 120 Å². The zero-order valence-corrected chi connectivity index (χ0v) is 17.0. The van der Waals surface area contributed by atoms with Crippen LogP contribution in [-0.2, 0) is 24.5 Å². The van der Waals surface area contributed by atoms with E-state index in [4.69, 9.17) is 13.9 Å². The molecule has 4 rings (SSSR count). The Labute approximate surface area is 181 Å². The number of hydrogen-bond donors (Lipinski definition) is 1. The normalized spacial score (nSPS) is 10.5. The number of anilines is 1. The predicted molar refractivity (Wildman–Crippen MR) is 119 cm³/mol. The lowest BCUT2D eigenvalue weighted by molar-refractivity contribution is 0.0467. The third-order valence-corrected chi connectivity index (χ3v) is 4.70. The van der Waals surface area contributed by atoms with E-state index in [1.807, 2.05) is 84.9 Å². The summed E-state index contributed by atoms with van der Waals surface area (Å²) < 4.78 is 16.9. The van der Waals surface area contributed by atoms with Crippen molar-refractivity contribution in [1.29, 1.82) is 0 Å². The quantitative estimate of drug-likeness (QED) is 0.350. The van der Waals surface area contributed by atoms with Crippen LogP contribution in [0.1, 0.15) is 27.2 Å². The molecule has 0 atom stereocenters. The van der Waals surface area contributed by atoms with Crippen molar-refractivity contribution < 1.29 is 18.7 Å². The Morgan fingerprint density at radius 1 is 0.806 bits per heavy atom. The average Bonchev–Trinajstić information content (AvgIpc) is 3.35. The molecule has 0 saturated heterocycles. The number of benzene rings is 3. The van der Waals surface area contributed by atoms with Crippen LogP contribution in [0.5, 0.6) is 5.75 Å². The van der Waals surface area contributed by atoms with E-state index in [0.717, 1.165) is 22.6 Å². The predicted octanol–water partition coefficient (Wildman–Crippen LogP) is 5.83. The standard InChI is InChI=1S/C26H23NO4/c28-26(31-19-21-10-5-2-6-11-21)24-14-13-22(27-17-23-12-7-15-29-23)16-25(24)30-18-20-8-3-1-4-9-20/h1-16,27H,17-19H2. The Morgan fingerprint density at radius 3 is 2.19 bits per heavy atom. The molecular weight excluding hydrogens is 390 g/mol. The highest BCUT2D eigenvalue weighted by Crippen LogP contribution is 2.26. The Morgan fingerprint density at radius 2 is 1.52 bits per heavy atom. The summed E-state index contributed by atoms with van der Waals surface area (Å²) in [5, 5.41) is 3.28. The molecule has 0 spiro atoms. The molecule has 31 heavy (non-hydrogen) atoms. The first kappa shape index (κ1) is 20.3. The fraction of sp³-hybridized carbons (Fsp3) is 0.115. The van der Waals surface area contributed by atoms with Gasteiger partial charge >= 0.3 is 5.97 Å². The van der Waals surface area contributed by atoms with Gasteiger partial charge < -0.3 is 19.2 Å². The van der Waals surface area contributed by atoms with E-state index in [1.165, 1.54) is 0 Å². The van der Waals surface area contributed by atoms with Crippen LogP contribution in [0.15, 0.2) is 102 Å². The third-order valence-electron chi connectivity index (χ3n) is 4.70. The van der Waals surface area contributed by atoms with E-state index in [0.29, 0.717) is 24.5 Å². The fourth-order valence-electron chi connectivity index (χ4n) is 3.06. The van der Waals surface area contributed by atoms with Gasteiger partial charge in [0.2, 0.25) is 0 Å². The molecule has 5 heteroatoms. The van der Waals surface area contributed by atoms with Gasteiger partial charge in [-0.15, -0.1) is 0 Å². The zero-order chi connectivity index (χ0) is 21.3. The molecule has 0 unspecified atom stereocenters. The van der Waals surface area contributed by atoms with E-state index in [-0.39, 0.29) is 6.61 Å². The Hall–Kier alpha value is -3.99. The minimum atomic E-state index is -0.426. The number of carbonyl (C=O) groups is 1. The van der Waals surface area contributed by atoms with Gasteiger partial charge in [-0.2, -0.15) is 0 Å². The molecule has 4 aromatic rings. The van der Waals surface area contributed by atoms with Crippen LogP contribution >= 0.6 is 0 Å². The van der Waals surface area contributed by atoms with Gasteiger partial charge in [0.1, 0.15) is 30.3 Å².